The first-order chi connectivity index (χ1) is 10.1. The van der Waals surface area contributed by atoms with Crippen LogP contribution in [-0.2, 0) is 0 Å². The highest BCUT2D eigenvalue weighted by atomic mass is 16.3. The van der Waals surface area contributed by atoms with E-state index in [0.29, 0.717) is 17.8 Å². The molecule has 6 nitrogen and oxygen atoms in total. The quantitative estimate of drug-likeness (QED) is 0.744. The molecule has 21 heavy (non-hydrogen) atoms. The van der Waals surface area contributed by atoms with Crippen LogP contribution in [0.1, 0.15) is 35.8 Å². The number of aromatic amines is 1. The van der Waals surface area contributed by atoms with Gasteiger partial charge in [-0.05, 0) is 37.9 Å². The van der Waals surface area contributed by atoms with Gasteiger partial charge in [0.25, 0.3) is 5.91 Å². The highest BCUT2D eigenvalue weighted by Crippen LogP contribution is 2.15. The van der Waals surface area contributed by atoms with E-state index in [1.54, 1.807) is 0 Å². The maximum atomic E-state index is 11.8. The van der Waals surface area contributed by atoms with Gasteiger partial charge in [0, 0.05) is 19.3 Å². The van der Waals surface area contributed by atoms with Gasteiger partial charge in [-0.15, -0.1) is 0 Å². The number of aliphatic hydroxyl groups excluding tert-OH is 1. The Morgan fingerprint density at radius 2 is 2.33 bits per heavy atom. The predicted molar refractivity (Wildman–Crippen MR) is 78.7 cm³/mol. The number of piperidine rings is 1. The summed E-state index contributed by atoms with van der Waals surface area (Å²) in [5.74, 6) is 0.486. The summed E-state index contributed by atoms with van der Waals surface area (Å²) in [7, 11) is 0. The molecule has 1 aliphatic rings. The van der Waals surface area contributed by atoms with Crippen LogP contribution in [0.15, 0.2) is 12.3 Å². The second-order valence-electron chi connectivity index (χ2n) is 5.76. The lowest BCUT2D eigenvalue weighted by Crippen LogP contribution is -2.43. The summed E-state index contributed by atoms with van der Waals surface area (Å²) < 4.78 is 0. The second kappa shape index (κ2) is 7.25. The van der Waals surface area contributed by atoms with Gasteiger partial charge in [0.05, 0.1) is 11.7 Å². The van der Waals surface area contributed by atoms with Crippen LogP contribution in [-0.4, -0.2) is 53.2 Å². The Kier molecular flexibility index (Phi) is 5.37. The van der Waals surface area contributed by atoms with Crippen LogP contribution >= 0.6 is 0 Å². The number of aromatic nitrogens is 1. The van der Waals surface area contributed by atoms with Gasteiger partial charge in [-0.2, -0.15) is 5.26 Å². The number of nitrogens with one attached hydrogen (secondary N) is 2. The van der Waals surface area contributed by atoms with Gasteiger partial charge in [-0.25, -0.2) is 0 Å². The summed E-state index contributed by atoms with van der Waals surface area (Å²) >= 11 is 0. The van der Waals surface area contributed by atoms with Gasteiger partial charge in [0.2, 0.25) is 0 Å². The SMILES string of the molecule is CC1CCN(CC(O)CNC(=O)c2c[nH]c(C#N)c2)CC1. The number of nitrogens with zero attached hydrogens (tertiary/aromatic N) is 2. The Hall–Kier alpha value is -1.84. The summed E-state index contributed by atoms with van der Waals surface area (Å²) in [5.41, 5.74) is 0.758. The molecule has 0 spiro atoms. The number of H-pyrrole nitrogens is 1. The van der Waals surface area contributed by atoms with Crippen molar-refractivity contribution in [3.63, 3.8) is 0 Å². The first-order valence-corrected chi connectivity index (χ1v) is 7.35. The lowest BCUT2D eigenvalue weighted by atomic mass is 9.99. The zero-order chi connectivity index (χ0) is 15.2. The molecule has 0 radical (unpaired) electrons. The number of nitriles is 1. The maximum absolute atomic E-state index is 11.8. The molecule has 1 atom stereocenters. The maximum Gasteiger partial charge on any atom is 0.252 e. The molecule has 0 aliphatic carbocycles. The monoisotopic (exact) mass is 290 g/mol. The molecular formula is C15H22N4O2. The number of rotatable bonds is 5. The Balaban J connectivity index is 1.72. The van der Waals surface area contributed by atoms with E-state index in [2.05, 4.69) is 22.1 Å². The fraction of sp³-hybridized carbons (Fsp3) is 0.600. The lowest BCUT2D eigenvalue weighted by molar-refractivity contribution is 0.0795. The average Bonchev–Trinajstić information content (AvgIpc) is 2.96. The molecule has 0 bridgehead atoms. The van der Waals surface area contributed by atoms with E-state index >= 15 is 0 Å². The predicted octanol–water partition coefficient (Wildman–Crippen LogP) is 0.709. The highest BCUT2D eigenvalue weighted by molar-refractivity contribution is 5.94. The van der Waals surface area contributed by atoms with E-state index < -0.39 is 6.10 Å². The fourth-order valence-electron chi connectivity index (χ4n) is 2.51. The van der Waals surface area contributed by atoms with Gasteiger partial charge in [0.1, 0.15) is 11.8 Å². The van der Waals surface area contributed by atoms with Crippen molar-refractivity contribution >= 4 is 5.91 Å². The van der Waals surface area contributed by atoms with Gasteiger partial charge >= 0.3 is 0 Å². The van der Waals surface area contributed by atoms with Crippen molar-refractivity contribution in [1.82, 2.24) is 15.2 Å². The average molecular weight is 290 g/mol. The standard InChI is InChI=1S/C15H22N4O2/c1-11-2-4-19(5-3-11)10-14(20)9-18-15(21)12-6-13(7-16)17-8-12/h6,8,11,14,17,20H,2-5,9-10H2,1H3,(H,18,21). The minimum absolute atomic E-state index is 0.220. The van der Waals surface area contributed by atoms with Crippen LogP contribution in [0.2, 0.25) is 0 Å². The van der Waals surface area contributed by atoms with E-state index in [9.17, 15) is 9.90 Å². The largest absolute Gasteiger partial charge is 0.390 e. The molecule has 1 aromatic rings. The lowest BCUT2D eigenvalue weighted by Gasteiger charge is -2.31. The van der Waals surface area contributed by atoms with E-state index in [-0.39, 0.29) is 12.5 Å². The number of β-amino-alcohol motifs (C(OH)–C–C–N with tert-alkyl or cyclic N) is 1. The van der Waals surface area contributed by atoms with Crippen molar-refractivity contribution in [3.05, 3.63) is 23.5 Å². The Bertz CT molecular complexity index is 512. The first-order valence-electron chi connectivity index (χ1n) is 7.35. The zero-order valence-corrected chi connectivity index (χ0v) is 12.3. The molecule has 3 N–H and O–H groups in total. The number of carbonyl (C=O) groups is 1. The van der Waals surface area contributed by atoms with Crippen molar-refractivity contribution in [1.29, 1.82) is 5.26 Å². The molecule has 1 saturated heterocycles. The number of aliphatic hydroxyl groups is 1. The minimum atomic E-state index is -0.572. The second-order valence-corrected chi connectivity index (χ2v) is 5.76. The number of likely N-dealkylation sites (tertiary alicyclic amines) is 1. The summed E-state index contributed by atoms with van der Waals surface area (Å²) in [6, 6.07) is 3.43. The molecule has 1 aromatic heterocycles. The summed E-state index contributed by atoms with van der Waals surface area (Å²) in [6.07, 6.45) is 3.25. The smallest absolute Gasteiger partial charge is 0.252 e. The summed E-state index contributed by atoms with van der Waals surface area (Å²) in [4.78, 5) is 16.8. The number of hydrogen-bond donors (Lipinski definition) is 3. The van der Waals surface area contributed by atoms with Crippen LogP contribution < -0.4 is 5.32 Å². The molecule has 1 aliphatic heterocycles. The van der Waals surface area contributed by atoms with Crippen molar-refractivity contribution in [3.8, 4) is 6.07 Å². The van der Waals surface area contributed by atoms with Crippen molar-refractivity contribution in [2.24, 2.45) is 5.92 Å². The molecule has 1 unspecified atom stereocenters. The number of hydrogen-bond acceptors (Lipinski definition) is 4. The van der Waals surface area contributed by atoms with Gasteiger partial charge in [0.15, 0.2) is 0 Å². The number of amides is 1. The Morgan fingerprint density at radius 3 is 2.95 bits per heavy atom. The van der Waals surface area contributed by atoms with E-state index in [1.165, 1.54) is 25.1 Å². The molecular weight excluding hydrogens is 268 g/mol. The number of carbonyl (C=O) groups excluding carboxylic acids is 1. The third-order valence-electron chi connectivity index (χ3n) is 3.91. The van der Waals surface area contributed by atoms with Crippen LogP contribution in [0.4, 0.5) is 0 Å². The molecule has 1 fully saturated rings. The van der Waals surface area contributed by atoms with Gasteiger partial charge in [-0.3, -0.25) is 4.79 Å². The van der Waals surface area contributed by atoms with Gasteiger partial charge < -0.3 is 20.3 Å². The molecule has 6 heteroatoms. The fourth-order valence-corrected chi connectivity index (χ4v) is 2.51. The van der Waals surface area contributed by atoms with Crippen molar-refractivity contribution in [2.45, 2.75) is 25.9 Å². The molecule has 114 valence electrons. The normalized spacial score (nSPS) is 18.1. The Labute approximate surface area is 124 Å². The molecule has 0 saturated carbocycles. The molecule has 0 aromatic carbocycles. The topological polar surface area (TPSA) is 92.2 Å². The van der Waals surface area contributed by atoms with Crippen LogP contribution in [0.3, 0.4) is 0 Å². The minimum Gasteiger partial charge on any atom is -0.390 e. The highest BCUT2D eigenvalue weighted by Gasteiger charge is 2.18. The molecule has 2 heterocycles. The van der Waals surface area contributed by atoms with Crippen LogP contribution in [0.25, 0.3) is 0 Å². The van der Waals surface area contributed by atoms with Gasteiger partial charge in [-0.1, -0.05) is 6.92 Å². The Morgan fingerprint density at radius 1 is 1.62 bits per heavy atom. The summed E-state index contributed by atoms with van der Waals surface area (Å²) in [6.45, 7) is 5.08. The van der Waals surface area contributed by atoms with Crippen molar-refractivity contribution < 1.29 is 9.90 Å². The third-order valence-corrected chi connectivity index (χ3v) is 3.91. The van der Waals surface area contributed by atoms with Crippen LogP contribution in [0, 0.1) is 17.2 Å². The molecule has 2 rings (SSSR count). The third kappa shape index (κ3) is 4.59. The van der Waals surface area contributed by atoms with Crippen LogP contribution in [0.5, 0.6) is 0 Å². The zero-order valence-electron chi connectivity index (χ0n) is 12.3. The molecule has 1 amide bonds. The van der Waals surface area contributed by atoms with E-state index in [0.717, 1.165) is 19.0 Å². The van der Waals surface area contributed by atoms with E-state index in [1.807, 2.05) is 6.07 Å². The van der Waals surface area contributed by atoms with E-state index in [4.69, 9.17) is 5.26 Å². The first kappa shape index (κ1) is 15.5. The van der Waals surface area contributed by atoms with Crippen molar-refractivity contribution in [2.75, 3.05) is 26.2 Å². The summed E-state index contributed by atoms with van der Waals surface area (Å²) in [5, 5.41) is 21.4.